The van der Waals surface area contributed by atoms with E-state index >= 15 is 0 Å². The molecule has 0 fully saturated rings. The number of phosphoric acid groups is 1. The fraction of sp³-hybridized carbons (Fsp3) is 0.267. The van der Waals surface area contributed by atoms with E-state index in [1.54, 1.807) is 12.1 Å². The van der Waals surface area contributed by atoms with E-state index in [0.717, 1.165) is 29.4 Å². The topological polar surface area (TPSA) is 193 Å². The van der Waals surface area contributed by atoms with Gasteiger partial charge in [-0.2, -0.15) is 0 Å². The molecule has 3 atom stereocenters. The monoisotopic (exact) mass is 623 g/mol. The molecule has 5 rings (SSSR count). The Labute approximate surface area is 252 Å². The summed E-state index contributed by atoms with van der Waals surface area (Å²) in [5, 5.41) is 4.89. The Morgan fingerprint density at radius 2 is 1.66 bits per heavy atom. The molecule has 0 aromatic heterocycles. The summed E-state index contributed by atoms with van der Waals surface area (Å²) in [7, 11) is -3.05. The van der Waals surface area contributed by atoms with Crippen molar-refractivity contribution in [1.82, 2.24) is 10.6 Å². The molecule has 3 aromatic rings. The first kappa shape index (κ1) is 30.7. The van der Waals surface area contributed by atoms with Crippen LogP contribution in [0.2, 0.25) is 0 Å². The van der Waals surface area contributed by atoms with Crippen molar-refractivity contribution < 1.29 is 47.2 Å². The number of rotatable bonds is 10. The molecule has 44 heavy (non-hydrogen) atoms. The molecule has 13 nitrogen and oxygen atoms in total. The van der Waals surface area contributed by atoms with Crippen molar-refractivity contribution in [3.05, 3.63) is 89.0 Å². The molecule has 1 unspecified atom stereocenters. The van der Waals surface area contributed by atoms with Crippen molar-refractivity contribution in [2.45, 2.75) is 37.5 Å². The molecule has 0 saturated carbocycles. The number of methoxy groups -OCH3 is 1. The maximum absolute atomic E-state index is 13.2. The van der Waals surface area contributed by atoms with Crippen LogP contribution in [0.15, 0.2) is 66.7 Å². The smallest absolute Gasteiger partial charge is 0.467 e. The molecular weight excluding hydrogens is 593 g/mol. The fourth-order valence-corrected chi connectivity index (χ4v) is 6.08. The van der Waals surface area contributed by atoms with E-state index in [1.165, 1.54) is 6.07 Å². The number of hydrogen-bond acceptors (Lipinski definition) is 9. The number of esters is 1. The predicted molar refractivity (Wildman–Crippen MR) is 155 cm³/mol. The van der Waals surface area contributed by atoms with Gasteiger partial charge in [-0.05, 0) is 39.9 Å². The summed E-state index contributed by atoms with van der Waals surface area (Å²) < 4.78 is 31.8. The van der Waals surface area contributed by atoms with Crippen LogP contribution in [-0.4, -0.2) is 54.6 Å². The van der Waals surface area contributed by atoms with Crippen molar-refractivity contribution in [3.8, 4) is 16.9 Å². The second-order valence-corrected chi connectivity index (χ2v) is 11.6. The summed E-state index contributed by atoms with van der Waals surface area (Å²) in [6, 6.07) is 17.5. The van der Waals surface area contributed by atoms with Crippen LogP contribution in [0.25, 0.3) is 11.1 Å². The number of carbonyl (C=O) groups excluding carboxylic acids is 4. The van der Waals surface area contributed by atoms with Gasteiger partial charge in [0.1, 0.15) is 24.4 Å². The number of carbonyl (C=O) groups is 4. The molecule has 3 amide bonds. The van der Waals surface area contributed by atoms with Crippen LogP contribution in [0.5, 0.6) is 5.75 Å². The van der Waals surface area contributed by atoms with Gasteiger partial charge < -0.3 is 30.4 Å². The minimum atomic E-state index is -4.19. The minimum Gasteiger partial charge on any atom is -0.467 e. The summed E-state index contributed by atoms with van der Waals surface area (Å²) >= 11 is 0. The first-order chi connectivity index (χ1) is 21.0. The summed E-state index contributed by atoms with van der Waals surface area (Å²) in [6.45, 7) is -0.218. The molecule has 2 aliphatic rings. The summed E-state index contributed by atoms with van der Waals surface area (Å²) in [5.74, 6) is -2.59. The van der Waals surface area contributed by atoms with Crippen LogP contribution in [0.1, 0.15) is 34.6 Å². The van der Waals surface area contributed by atoms with Crippen LogP contribution >= 0.6 is 7.82 Å². The Morgan fingerprint density at radius 3 is 2.30 bits per heavy atom. The average molecular weight is 624 g/mol. The van der Waals surface area contributed by atoms with Gasteiger partial charge in [-0.15, -0.1) is 0 Å². The Kier molecular flexibility index (Phi) is 9.00. The SMILES string of the molecule is COC(=O)[C@H](Cc1ccc2c(c1)COP(=O)(O)O2)NC(=O)[C@H](CC(N)=O)NC(=O)OCC1c2ccccc2-c2ccccc21. The summed E-state index contributed by atoms with van der Waals surface area (Å²) in [4.78, 5) is 60.0. The van der Waals surface area contributed by atoms with Crippen molar-refractivity contribution in [3.63, 3.8) is 0 Å². The number of primary amides is 1. The Balaban J connectivity index is 1.25. The van der Waals surface area contributed by atoms with Gasteiger partial charge in [-0.3, -0.25) is 19.0 Å². The molecule has 5 N–H and O–H groups in total. The highest BCUT2D eigenvalue weighted by Crippen LogP contribution is 2.50. The van der Waals surface area contributed by atoms with Crippen molar-refractivity contribution >= 4 is 31.7 Å². The largest absolute Gasteiger partial charge is 0.527 e. The van der Waals surface area contributed by atoms with Gasteiger partial charge >= 0.3 is 19.9 Å². The molecule has 0 spiro atoms. The average Bonchev–Trinajstić information content (AvgIpc) is 3.32. The van der Waals surface area contributed by atoms with Crippen LogP contribution in [0.3, 0.4) is 0 Å². The number of ether oxygens (including phenoxy) is 2. The zero-order valence-corrected chi connectivity index (χ0v) is 24.5. The van der Waals surface area contributed by atoms with Gasteiger partial charge in [0.05, 0.1) is 20.1 Å². The second kappa shape index (κ2) is 12.9. The number of alkyl carbamates (subject to hydrolysis) is 1. The molecule has 230 valence electrons. The van der Waals surface area contributed by atoms with Crippen LogP contribution in [-0.2, 0) is 46.0 Å². The number of phosphoric ester groups is 1. The third-order valence-electron chi connectivity index (χ3n) is 7.32. The molecule has 0 saturated heterocycles. The van der Waals surface area contributed by atoms with Gasteiger partial charge in [0, 0.05) is 17.9 Å². The van der Waals surface area contributed by atoms with E-state index in [0.29, 0.717) is 11.1 Å². The van der Waals surface area contributed by atoms with Crippen LogP contribution in [0, 0.1) is 0 Å². The van der Waals surface area contributed by atoms with Gasteiger partial charge in [-0.25, -0.2) is 14.2 Å². The summed E-state index contributed by atoms with van der Waals surface area (Å²) in [5.41, 5.74) is 10.4. The second-order valence-electron chi connectivity index (χ2n) is 10.3. The highest BCUT2D eigenvalue weighted by atomic mass is 31.2. The highest BCUT2D eigenvalue weighted by molar-refractivity contribution is 7.47. The normalized spacial score (nSPS) is 18.0. The van der Waals surface area contributed by atoms with Crippen molar-refractivity contribution in [2.75, 3.05) is 13.7 Å². The van der Waals surface area contributed by atoms with Gasteiger partial charge in [-0.1, -0.05) is 54.6 Å². The third kappa shape index (κ3) is 6.91. The fourth-order valence-electron chi connectivity index (χ4n) is 5.30. The van der Waals surface area contributed by atoms with Crippen molar-refractivity contribution in [2.24, 2.45) is 5.73 Å². The number of nitrogens with one attached hydrogen (secondary N) is 2. The minimum absolute atomic E-state index is 0.0208. The first-order valence-electron chi connectivity index (χ1n) is 13.6. The standard InChI is InChI=1S/C30H30N3O10P/c1-40-29(36)25(13-17-10-11-26-18(12-17)15-42-44(38,39)43-26)32-28(35)24(14-27(31)34)33-30(37)41-16-23-21-8-4-2-6-19(21)20-7-3-5-9-22(20)23/h2-12,23-25H,13-16H2,1H3,(H2,31,34)(H,32,35)(H,33,37)(H,38,39)/t24-,25-/m0/s1. The molecule has 3 aromatic carbocycles. The highest BCUT2D eigenvalue weighted by Gasteiger charge is 2.33. The molecule has 0 radical (unpaired) electrons. The van der Waals surface area contributed by atoms with E-state index in [-0.39, 0.29) is 31.3 Å². The van der Waals surface area contributed by atoms with Crippen LogP contribution in [0.4, 0.5) is 4.79 Å². The Morgan fingerprint density at radius 1 is 1.00 bits per heavy atom. The van der Waals surface area contributed by atoms with E-state index < -0.39 is 50.2 Å². The maximum atomic E-state index is 13.2. The van der Waals surface area contributed by atoms with Gasteiger partial charge in [0.2, 0.25) is 11.8 Å². The van der Waals surface area contributed by atoms with Crippen molar-refractivity contribution in [1.29, 1.82) is 0 Å². The zero-order chi connectivity index (χ0) is 31.4. The first-order valence-corrected chi connectivity index (χ1v) is 15.1. The Bertz CT molecular complexity index is 1620. The maximum Gasteiger partial charge on any atom is 0.527 e. The lowest BCUT2D eigenvalue weighted by molar-refractivity contribution is -0.145. The molecule has 1 aliphatic heterocycles. The van der Waals surface area contributed by atoms with Crippen LogP contribution < -0.4 is 20.9 Å². The summed E-state index contributed by atoms with van der Waals surface area (Å²) in [6.07, 6.45) is -1.56. The zero-order valence-electron chi connectivity index (χ0n) is 23.6. The number of fused-ring (bicyclic) bond motifs is 4. The predicted octanol–water partition coefficient (Wildman–Crippen LogP) is 2.68. The third-order valence-corrected chi connectivity index (χ3v) is 8.20. The molecule has 1 aliphatic carbocycles. The van der Waals surface area contributed by atoms with Gasteiger partial charge in [0.25, 0.3) is 0 Å². The van der Waals surface area contributed by atoms with E-state index in [4.69, 9.17) is 24.3 Å². The number of nitrogens with two attached hydrogens (primary N) is 1. The van der Waals surface area contributed by atoms with E-state index in [9.17, 15) is 28.6 Å². The quantitative estimate of drug-likeness (QED) is 0.193. The lowest BCUT2D eigenvalue weighted by Gasteiger charge is -2.23. The van der Waals surface area contributed by atoms with Gasteiger partial charge in [0.15, 0.2) is 0 Å². The number of hydrogen-bond donors (Lipinski definition) is 4. The lowest BCUT2D eigenvalue weighted by atomic mass is 9.98. The molecular formula is C30H30N3O10P. The Hall–Kier alpha value is -4.71. The van der Waals surface area contributed by atoms with E-state index in [1.807, 2.05) is 48.5 Å². The number of amides is 3. The lowest BCUT2D eigenvalue weighted by Crippen LogP contribution is -2.53. The van der Waals surface area contributed by atoms with E-state index in [2.05, 4.69) is 10.6 Å². The molecule has 14 heteroatoms. The molecule has 0 bridgehead atoms. The molecule has 1 heterocycles. The number of benzene rings is 3.